The highest BCUT2D eigenvalue weighted by Gasteiger charge is 1.94. The summed E-state index contributed by atoms with van der Waals surface area (Å²) in [6.07, 6.45) is 0. The van der Waals surface area contributed by atoms with E-state index >= 15 is 0 Å². The van der Waals surface area contributed by atoms with E-state index in [-0.39, 0.29) is 0 Å². The van der Waals surface area contributed by atoms with Gasteiger partial charge in [0.2, 0.25) is 0 Å². The van der Waals surface area contributed by atoms with Gasteiger partial charge in [-0.25, -0.2) is 0 Å². The first kappa shape index (κ1) is 15.6. The molecule has 2 nitrogen and oxygen atoms in total. The summed E-state index contributed by atoms with van der Waals surface area (Å²) in [5.74, 6) is 0.911. The predicted octanol–water partition coefficient (Wildman–Crippen LogP) is 5.56. The monoisotopic (exact) mass is 311 g/mol. The van der Waals surface area contributed by atoms with Gasteiger partial charge >= 0.3 is 0 Å². The molecular weight excluding hydrogens is 294 g/mol. The van der Waals surface area contributed by atoms with Crippen molar-refractivity contribution in [2.45, 2.75) is 0 Å². The molecule has 4 aromatic rings. The lowest BCUT2D eigenvalue weighted by Gasteiger charge is -2.00. The molecule has 0 unspecified atom stereocenters. The van der Waals surface area contributed by atoms with Crippen LogP contribution in [0.25, 0.3) is 21.5 Å². The van der Waals surface area contributed by atoms with E-state index in [9.17, 15) is 0 Å². The number of fused-ring (bicyclic) bond motifs is 2. The Bertz CT molecular complexity index is 1010. The summed E-state index contributed by atoms with van der Waals surface area (Å²) >= 11 is 0. The number of benzene rings is 4. The summed E-state index contributed by atoms with van der Waals surface area (Å²) < 4.78 is 5.12. The van der Waals surface area contributed by atoms with Gasteiger partial charge in [0.1, 0.15) is 5.75 Å². The molecule has 0 radical (unpaired) electrons. The number of ether oxygens (including phenoxy) is 1. The molecule has 0 saturated heterocycles. The van der Waals surface area contributed by atoms with E-state index in [0.717, 1.165) is 11.1 Å². The van der Waals surface area contributed by atoms with Gasteiger partial charge in [0.05, 0.1) is 18.7 Å². The Morgan fingerprint density at radius 1 is 0.667 bits per heavy atom. The summed E-state index contributed by atoms with van der Waals surface area (Å²) in [7, 11) is 1.68. The van der Waals surface area contributed by atoms with Gasteiger partial charge in [-0.1, -0.05) is 60.7 Å². The van der Waals surface area contributed by atoms with Crippen molar-refractivity contribution in [1.29, 1.82) is 5.26 Å². The number of hydrogen-bond donors (Lipinski definition) is 0. The van der Waals surface area contributed by atoms with Crippen LogP contribution in [0.4, 0.5) is 0 Å². The molecular formula is C22H17NO. The van der Waals surface area contributed by atoms with Crippen LogP contribution in [0.2, 0.25) is 0 Å². The largest absolute Gasteiger partial charge is 0.497 e. The number of nitrogens with zero attached hydrogens (tertiary/aromatic N) is 1. The van der Waals surface area contributed by atoms with Gasteiger partial charge in [0, 0.05) is 0 Å². The van der Waals surface area contributed by atoms with Crippen LogP contribution in [-0.4, -0.2) is 7.11 Å². The van der Waals surface area contributed by atoms with Crippen molar-refractivity contribution in [1.82, 2.24) is 0 Å². The summed E-state index contributed by atoms with van der Waals surface area (Å²) in [5, 5.41) is 13.4. The van der Waals surface area contributed by atoms with Crippen molar-refractivity contribution in [2.24, 2.45) is 0 Å². The van der Waals surface area contributed by atoms with Gasteiger partial charge < -0.3 is 4.74 Å². The molecule has 24 heavy (non-hydrogen) atoms. The Morgan fingerprint density at radius 3 is 1.79 bits per heavy atom. The van der Waals surface area contributed by atoms with Crippen LogP contribution in [0, 0.1) is 11.3 Å². The fraction of sp³-hybridized carbons (Fsp3) is 0.0455. The lowest BCUT2D eigenvalue weighted by atomic mass is 10.1. The smallest absolute Gasteiger partial charge is 0.119 e. The van der Waals surface area contributed by atoms with Gasteiger partial charge in [0.25, 0.3) is 0 Å². The second kappa shape index (κ2) is 7.30. The molecule has 0 N–H and O–H groups in total. The third-order valence-electron chi connectivity index (χ3n) is 3.84. The van der Waals surface area contributed by atoms with Crippen LogP contribution < -0.4 is 4.74 Å². The highest BCUT2D eigenvalue weighted by Crippen LogP contribution is 2.19. The zero-order chi connectivity index (χ0) is 16.8. The second-order valence-corrected chi connectivity index (χ2v) is 5.39. The first-order valence-electron chi connectivity index (χ1n) is 7.72. The van der Waals surface area contributed by atoms with Crippen molar-refractivity contribution < 1.29 is 4.74 Å². The molecule has 0 spiro atoms. The van der Waals surface area contributed by atoms with Crippen LogP contribution in [0.15, 0.2) is 84.9 Å². The highest BCUT2D eigenvalue weighted by molar-refractivity contribution is 5.84. The van der Waals surface area contributed by atoms with E-state index in [4.69, 9.17) is 10.00 Å². The summed E-state index contributed by atoms with van der Waals surface area (Å²) in [5.41, 5.74) is 0.716. The normalized spacial score (nSPS) is 9.83. The lowest BCUT2D eigenvalue weighted by molar-refractivity contribution is 0.415. The van der Waals surface area contributed by atoms with Gasteiger partial charge in [0.15, 0.2) is 0 Å². The summed E-state index contributed by atoms with van der Waals surface area (Å²) in [4.78, 5) is 0. The predicted molar refractivity (Wildman–Crippen MR) is 99.2 cm³/mol. The number of rotatable bonds is 1. The maximum Gasteiger partial charge on any atom is 0.119 e. The van der Waals surface area contributed by atoms with Gasteiger partial charge in [-0.15, -0.1) is 0 Å². The highest BCUT2D eigenvalue weighted by atomic mass is 16.5. The van der Waals surface area contributed by atoms with Crippen molar-refractivity contribution in [3.8, 4) is 11.8 Å². The Hall–Kier alpha value is -3.31. The molecule has 0 amide bonds. The minimum Gasteiger partial charge on any atom is -0.497 e. The Morgan fingerprint density at radius 2 is 1.21 bits per heavy atom. The standard InChI is InChI=1S/C11H7N.C11H10O/c12-8-9-5-6-10-3-1-2-4-11(10)7-9;1-12-11-7-6-9-4-2-3-5-10(9)8-11/h1-7H;2-8H,1H3. The maximum atomic E-state index is 8.65. The van der Waals surface area contributed by atoms with Gasteiger partial charge in [-0.05, 0) is 45.8 Å². The van der Waals surface area contributed by atoms with Crippen LogP contribution in [-0.2, 0) is 0 Å². The molecule has 0 fully saturated rings. The molecule has 0 atom stereocenters. The van der Waals surface area contributed by atoms with Crippen LogP contribution in [0.3, 0.4) is 0 Å². The van der Waals surface area contributed by atoms with Crippen molar-refractivity contribution >= 4 is 21.5 Å². The topological polar surface area (TPSA) is 33.0 Å². The first-order chi connectivity index (χ1) is 11.8. The quantitative estimate of drug-likeness (QED) is 0.461. The van der Waals surface area contributed by atoms with Crippen LogP contribution >= 0.6 is 0 Å². The van der Waals surface area contributed by atoms with E-state index in [1.807, 2.05) is 66.7 Å². The Kier molecular flexibility index (Phi) is 4.74. The average molecular weight is 311 g/mol. The molecule has 4 rings (SSSR count). The van der Waals surface area contributed by atoms with E-state index in [0.29, 0.717) is 5.56 Å². The average Bonchev–Trinajstić information content (AvgIpc) is 2.67. The fourth-order valence-electron chi connectivity index (χ4n) is 2.55. The molecule has 4 aromatic carbocycles. The lowest BCUT2D eigenvalue weighted by Crippen LogP contribution is -1.81. The molecule has 0 heterocycles. The number of hydrogen-bond acceptors (Lipinski definition) is 2. The third-order valence-corrected chi connectivity index (χ3v) is 3.84. The van der Waals surface area contributed by atoms with Crippen molar-refractivity contribution in [2.75, 3.05) is 7.11 Å². The van der Waals surface area contributed by atoms with Gasteiger partial charge in [-0.3, -0.25) is 0 Å². The molecule has 0 saturated carbocycles. The van der Waals surface area contributed by atoms with Gasteiger partial charge in [-0.2, -0.15) is 5.26 Å². The van der Waals surface area contributed by atoms with Crippen molar-refractivity contribution in [3.63, 3.8) is 0 Å². The summed E-state index contributed by atoms with van der Waals surface area (Å²) in [6, 6.07) is 30.2. The first-order valence-corrected chi connectivity index (χ1v) is 7.72. The molecule has 116 valence electrons. The molecule has 0 aliphatic heterocycles. The van der Waals surface area contributed by atoms with E-state index in [1.54, 1.807) is 7.11 Å². The minimum absolute atomic E-state index is 0.716. The zero-order valence-corrected chi connectivity index (χ0v) is 13.4. The van der Waals surface area contributed by atoms with E-state index in [1.165, 1.54) is 16.2 Å². The Labute approximate surface area is 141 Å². The zero-order valence-electron chi connectivity index (χ0n) is 13.4. The second-order valence-electron chi connectivity index (χ2n) is 5.39. The number of methoxy groups -OCH3 is 1. The fourth-order valence-corrected chi connectivity index (χ4v) is 2.55. The molecule has 0 bridgehead atoms. The van der Waals surface area contributed by atoms with E-state index < -0.39 is 0 Å². The van der Waals surface area contributed by atoms with Crippen LogP contribution in [0.1, 0.15) is 5.56 Å². The minimum atomic E-state index is 0.716. The maximum absolute atomic E-state index is 8.65. The summed E-state index contributed by atoms with van der Waals surface area (Å²) in [6.45, 7) is 0. The Balaban J connectivity index is 0.000000141. The molecule has 0 aromatic heterocycles. The van der Waals surface area contributed by atoms with Crippen LogP contribution in [0.5, 0.6) is 5.75 Å². The SMILES string of the molecule is COc1ccc2ccccc2c1.N#Cc1ccc2ccccc2c1. The third kappa shape index (κ3) is 3.53. The molecule has 0 aliphatic carbocycles. The van der Waals surface area contributed by atoms with Crippen molar-refractivity contribution in [3.05, 3.63) is 90.5 Å². The number of nitriles is 1. The molecule has 0 aliphatic rings. The van der Waals surface area contributed by atoms with E-state index in [2.05, 4.69) is 24.3 Å². The molecule has 2 heteroatoms.